The van der Waals surface area contributed by atoms with E-state index in [-0.39, 0.29) is 6.23 Å². The highest BCUT2D eigenvalue weighted by Gasteiger charge is 2.42. The van der Waals surface area contributed by atoms with Crippen molar-refractivity contribution in [3.63, 3.8) is 0 Å². The van der Waals surface area contributed by atoms with E-state index in [1.165, 1.54) is 5.57 Å². The zero-order valence-electron chi connectivity index (χ0n) is 8.05. The van der Waals surface area contributed by atoms with Gasteiger partial charge in [-0.2, -0.15) is 0 Å². The van der Waals surface area contributed by atoms with Crippen LogP contribution in [-0.4, -0.2) is 17.3 Å². The number of allylic oxidation sites excluding steroid dienone is 1. The van der Waals surface area contributed by atoms with Crippen molar-refractivity contribution in [3.05, 3.63) is 23.3 Å². The number of phosphoric acid groups is 1. The van der Waals surface area contributed by atoms with Crippen LogP contribution in [0, 0.1) is 0 Å². The first-order chi connectivity index (χ1) is 7.14. The number of nitrogens with one attached hydrogen (secondary N) is 1. The Kier molecular flexibility index (Phi) is 2.13. The first-order valence-corrected chi connectivity index (χ1v) is 6.48. The number of hydrogen-bond acceptors (Lipinski definition) is 4. The lowest BCUT2D eigenvalue weighted by molar-refractivity contribution is -0.0190. The molecule has 1 aliphatic carbocycles. The highest BCUT2D eigenvalue weighted by molar-refractivity contribution is 7.47. The molecule has 2 aliphatic heterocycles. The smallest absolute Gasteiger partial charge is 0.302 e. The molecule has 15 heavy (non-hydrogen) atoms. The average Bonchev–Trinajstić information content (AvgIpc) is 2.15. The SMILES string of the molecule is O=P1(O)OC2CC3=C(C=CCC3)C(N2)O1. The van der Waals surface area contributed by atoms with Gasteiger partial charge in [0.05, 0.1) is 0 Å². The molecule has 0 aromatic carbocycles. The first-order valence-electron chi connectivity index (χ1n) is 4.98. The van der Waals surface area contributed by atoms with Gasteiger partial charge in [0, 0.05) is 6.42 Å². The van der Waals surface area contributed by atoms with Gasteiger partial charge in [-0.15, -0.1) is 0 Å². The summed E-state index contributed by atoms with van der Waals surface area (Å²) in [6, 6.07) is 0. The molecule has 5 nitrogen and oxygen atoms in total. The highest BCUT2D eigenvalue weighted by atomic mass is 31.2. The zero-order chi connectivity index (χ0) is 10.5. The summed E-state index contributed by atoms with van der Waals surface area (Å²) < 4.78 is 21.2. The second kappa shape index (κ2) is 3.27. The summed E-state index contributed by atoms with van der Waals surface area (Å²) in [7, 11) is -3.86. The highest BCUT2D eigenvalue weighted by Crippen LogP contribution is 2.52. The topological polar surface area (TPSA) is 67.8 Å². The molecule has 3 unspecified atom stereocenters. The van der Waals surface area contributed by atoms with Gasteiger partial charge >= 0.3 is 7.82 Å². The van der Waals surface area contributed by atoms with E-state index in [9.17, 15) is 9.46 Å². The Bertz CT molecular complexity index is 403. The monoisotopic (exact) mass is 229 g/mol. The van der Waals surface area contributed by atoms with Crippen LogP contribution in [0.15, 0.2) is 23.3 Å². The van der Waals surface area contributed by atoms with Crippen LogP contribution in [0.5, 0.6) is 0 Å². The van der Waals surface area contributed by atoms with E-state index >= 15 is 0 Å². The molecule has 1 fully saturated rings. The Balaban J connectivity index is 1.97. The van der Waals surface area contributed by atoms with E-state index in [0.29, 0.717) is 6.42 Å². The Labute approximate surface area is 87.4 Å². The number of phosphoric ester groups is 1. The van der Waals surface area contributed by atoms with Crippen LogP contribution in [0.25, 0.3) is 0 Å². The van der Waals surface area contributed by atoms with E-state index in [1.54, 1.807) is 0 Å². The third kappa shape index (κ3) is 1.71. The van der Waals surface area contributed by atoms with Gasteiger partial charge in [-0.05, 0) is 18.4 Å². The molecule has 0 spiro atoms. The quantitative estimate of drug-likeness (QED) is 0.615. The maximum Gasteiger partial charge on any atom is 0.475 e. The molecule has 2 N–H and O–H groups in total. The maximum atomic E-state index is 11.3. The fraction of sp³-hybridized carbons (Fsp3) is 0.556. The molecule has 1 saturated heterocycles. The minimum atomic E-state index is -3.86. The average molecular weight is 229 g/mol. The van der Waals surface area contributed by atoms with Gasteiger partial charge in [0.15, 0.2) is 0 Å². The van der Waals surface area contributed by atoms with Crippen molar-refractivity contribution in [2.24, 2.45) is 0 Å². The molecule has 0 aromatic rings. The van der Waals surface area contributed by atoms with Crippen LogP contribution in [-0.2, 0) is 13.6 Å². The summed E-state index contributed by atoms with van der Waals surface area (Å²) >= 11 is 0. The van der Waals surface area contributed by atoms with E-state index in [0.717, 1.165) is 18.4 Å². The van der Waals surface area contributed by atoms with Crippen LogP contribution in [0.4, 0.5) is 0 Å². The predicted molar refractivity (Wildman–Crippen MR) is 52.7 cm³/mol. The van der Waals surface area contributed by atoms with Crippen LogP contribution in [0.1, 0.15) is 19.3 Å². The normalized spacial score (nSPS) is 44.1. The first kappa shape index (κ1) is 9.75. The van der Waals surface area contributed by atoms with Crippen LogP contribution < -0.4 is 5.32 Å². The van der Waals surface area contributed by atoms with Gasteiger partial charge in [0.25, 0.3) is 0 Å². The number of rotatable bonds is 0. The lowest BCUT2D eigenvalue weighted by atomic mass is 9.91. The molecule has 3 atom stereocenters. The minimum absolute atomic E-state index is 0.384. The Morgan fingerprint density at radius 2 is 2.40 bits per heavy atom. The Morgan fingerprint density at radius 3 is 3.27 bits per heavy atom. The Morgan fingerprint density at radius 1 is 1.53 bits per heavy atom. The molecular formula is C9H12NO4P. The second-order valence-corrected chi connectivity index (χ2v) is 5.28. The van der Waals surface area contributed by atoms with E-state index in [1.807, 2.05) is 6.08 Å². The number of hydrogen-bond donors (Lipinski definition) is 2. The van der Waals surface area contributed by atoms with Gasteiger partial charge in [0.1, 0.15) is 12.5 Å². The van der Waals surface area contributed by atoms with Gasteiger partial charge in [-0.25, -0.2) is 4.57 Å². The van der Waals surface area contributed by atoms with Crippen LogP contribution in [0.2, 0.25) is 0 Å². The summed E-state index contributed by atoms with van der Waals surface area (Å²) in [6.45, 7) is 0. The summed E-state index contributed by atoms with van der Waals surface area (Å²) in [5, 5.41) is 3.02. The molecule has 3 rings (SSSR count). The van der Waals surface area contributed by atoms with E-state index in [4.69, 9.17) is 9.05 Å². The predicted octanol–water partition coefficient (Wildman–Crippen LogP) is 1.43. The Hall–Kier alpha value is -0.450. The molecule has 0 aromatic heterocycles. The minimum Gasteiger partial charge on any atom is -0.302 e. The standard InChI is InChI=1S/C9H12NO4P/c11-15(12)13-8-5-6-3-1-2-4-7(6)9(10-8)14-15/h2,4,8-10H,1,3,5H2,(H,11,12). The van der Waals surface area contributed by atoms with Crippen LogP contribution in [0.3, 0.4) is 0 Å². The van der Waals surface area contributed by atoms with Gasteiger partial charge in [0.2, 0.25) is 0 Å². The molecule has 0 amide bonds. The molecular weight excluding hydrogens is 217 g/mol. The van der Waals surface area contributed by atoms with Crippen molar-refractivity contribution in [1.82, 2.24) is 5.32 Å². The van der Waals surface area contributed by atoms with Gasteiger partial charge in [-0.1, -0.05) is 17.7 Å². The van der Waals surface area contributed by atoms with Crippen molar-refractivity contribution in [2.75, 3.05) is 0 Å². The van der Waals surface area contributed by atoms with Gasteiger partial charge in [-0.3, -0.25) is 14.4 Å². The molecule has 2 bridgehead atoms. The van der Waals surface area contributed by atoms with Crippen molar-refractivity contribution in [2.45, 2.75) is 31.7 Å². The molecule has 3 aliphatic rings. The molecule has 0 radical (unpaired) electrons. The lowest BCUT2D eigenvalue weighted by Gasteiger charge is -2.40. The summed E-state index contributed by atoms with van der Waals surface area (Å²) in [4.78, 5) is 9.29. The summed E-state index contributed by atoms with van der Waals surface area (Å²) in [6.07, 6.45) is 5.84. The summed E-state index contributed by atoms with van der Waals surface area (Å²) in [5.74, 6) is 0. The maximum absolute atomic E-state index is 11.3. The third-order valence-corrected chi connectivity index (χ3v) is 3.87. The fourth-order valence-electron chi connectivity index (χ4n) is 2.24. The largest absolute Gasteiger partial charge is 0.475 e. The molecule has 6 heteroatoms. The summed E-state index contributed by atoms with van der Waals surface area (Å²) in [5.41, 5.74) is 2.26. The van der Waals surface area contributed by atoms with E-state index in [2.05, 4.69) is 11.4 Å². The van der Waals surface area contributed by atoms with Crippen molar-refractivity contribution in [3.8, 4) is 0 Å². The van der Waals surface area contributed by atoms with Crippen molar-refractivity contribution in [1.29, 1.82) is 0 Å². The van der Waals surface area contributed by atoms with E-state index < -0.39 is 14.1 Å². The molecule has 82 valence electrons. The fourth-order valence-corrected chi connectivity index (χ4v) is 3.19. The van der Waals surface area contributed by atoms with Crippen molar-refractivity contribution >= 4 is 7.82 Å². The number of fused-ring (bicyclic) bond motifs is 3. The lowest BCUT2D eigenvalue weighted by Crippen LogP contribution is -2.49. The second-order valence-electron chi connectivity index (χ2n) is 3.92. The molecule has 2 heterocycles. The zero-order valence-corrected chi connectivity index (χ0v) is 8.94. The molecule has 0 saturated carbocycles. The third-order valence-electron chi connectivity index (χ3n) is 2.87. The van der Waals surface area contributed by atoms with Gasteiger partial charge < -0.3 is 4.89 Å². The van der Waals surface area contributed by atoms with Crippen LogP contribution >= 0.6 is 7.82 Å². The van der Waals surface area contributed by atoms with Crippen molar-refractivity contribution < 1.29 is 18.5 Å².